The predicted molar refractivity (Wildman–Crippen MR) is 129 cm³/mol. The maximum atomic E-state index is 6.54. The third-order valence-electron chi connectivity index (χ3n) is 5.94. The molecule has 2 aromatic heterocycles. The van der Waals surface area contributed by atoms with Crippen molar-refractivity contribution in [1.29, 1.82) is 0 Å². The molecule has 2 aliphatic rings. The standard InChI is InChI=1S/C22H25BrN6O3S/c23-15-4-2-1-3-14(15)21-31-11-17(32-21)33-22-28-18-19(25)26-12-27-20(18)29(22)8-5-16(24)13-6-9-30-10-7-13/h1-4,11-13,16,21H,5-10,24H2,(H2,25,26,27). The highest BCUT2D eigenvalue weighted by Gasteiger charge is 2.27. The molecule has 4 N–H and O–H groups in total. The van der Waals surface area contributed by atoms with Crippen LogP contribution in [0.2, 0.25) is 0 Å². The first-order chi connectivity index (χ1) is 16.1. The van der Waals surface area contributed by atoms with Gasteiger partial charge in [-0.3, -0.25) is 0 Å². The van der Waals surface area contributed by atoms with Gasteiger partial charge >= 0.3 is 0 Å². The van der Waals surface area contributed by atoms with Crippen molar-refractivity contribution < 1.29 is 14.2 Å². The molecule has 1 aromatic carbocycles. The van der Waals surface area contributed by atoms with Gasteiger partial charge in [0.1, 0.15) is 12.6 Å². The first-order valence-corrected chi connectivity index (χ1v) is 12.5. The van der Waals surface area contributed by atoms with E-state index in [0.717, 1.165) is 42.5 Å². The van der Waals surface area contributed by atoms with Crippen LogP contribution in [-0.4, -0.2) is 38.8 Å². The SMILES string of the molecule is Nc1ncnc2c1nc(SC1=COC(c3ccccc3Br)O1)n2CCC(N)C1CCOCC1. The summed E-state index contributed by atoms with van der Waals surface area (Å²) in [5.41, 5.74) is 14.8. The summed E-state index contributed by atoms with van der Waals surface area (Å²) in [7, 11) is 0. The number of nitrogen functional groups attached to an aromatic ring is 1. The largest absolute Gasteiger partial charge is 0.454 e. The van der Waals surface area contributed by atoms with Gasteiger partial charge in [0.25, 0.3) is 6.29 Å². The zero-order chi connectivity index (χ0) is 22.8. The van der Waals surface area contributed by atoms with E-state index in [0.29, 0.717) is 39.7 Å². The normalized spacial score (nSPS) is 19.8. The Balaban J connectivity index is 1.34. The molecule has 0 spiro atoms. The lowest BCUT2D eigenvalue weighted by Gasteiger charge is -2.27. The number of nitrogens with two attached hydrogens (primary N) is 2. The van der Waals surface area contributed by atoms with Gasteiger partial charge in [-0.2, -0.15) is 0 Å². The highest BCUT2D eigenvalue weighted by Crippen LogP contribution is 2.40. The number of imidazole rings is 1. The molecule has 0 saturated carbocycles. The van der Waals surface area contributed by atoms with Gasteiger partial charge in [0.2, 0.25) is 5.09 Å². The molecular formula is C22H25BrN6O3S. The Kier molecular flexibility index (Phi) is 6.72. The molecule has 5 rings (SSSR count). The third-order valence-corrected chi connectivity index (χ3v) is 7.55. The minimum absolute atomic E-state index is 0.0773. The number of benzene rings is 1. The lowest BCUT2D eigenvalue weighted by molar-refractivity contribution is -0.0278. The van der Waals surface area contributed by atoms with Crippen molar-refractivity contribution >= 4 is 44.7 Å². The molecular weight excluding hydrogens is 508 g/mol. The Morgan fingerprint density at radius 3 is 2.85 bits per heavy atom. The van der Waals surface area contributed by atoms with Crippen LogP contribution in [0.3, 0.4) is 0 Å². The summed E-state index contributed by atoms with van der Waals surface area (Å²) in [6.45, 7) is 2.22. The van der Waals surface area contributed by atoms with E-state index < -0.39 is 6.29 Å². The Labute approximate surface area is 204 Å². The number of hydrogen-bond donors (Lipinski definition) is 2. The van der Waals surface area contributed by atoms with Gasteiger partial charge in [-0.05, 0) is 43.0 Å². The lowest BCUT2D eigenvalue weighted by Crippen LogP contribution is -2.35. The highest BCUT2D eigenvalue weighted by molar-refractivity contribution is 9.10. The number of aromatic nitrogens is 4. The zero-order valence-electron chi connectivity index (χ0n) is 17.9. The van der Waals surface area contributed by atoms with Crippen molar-refractivity contribution in [2.24, 2.45) is 11.7 Å². The molecule has 1 saturated heterocycles. The maximum Gasteiger partial charge on any atom is 0.268 e. The number of hydrogen-bond acceptors (Lipinski definition) is 9. The number of anilines is 1. The maximum absolute atomic E-state index is 6.54. The minimum Gasteiger partial charge on any atom is -0.454 e. The number of ether oxygens (including phenoxy) is 3. The van der Waals surface area contributed by atoms with E-state index in [1.54, 1.807) is 6.26 Å². The number of rotatable bonds is 7. The molecule has 174 valence electrons. The van der Waals surface area contributed by atoms with Crippen LogP contribution in [0, 0.1) is 5.92 Å². The van der Waals surface area contributed by atoms with Crippen molar-refractivity contribution in [1.82, 2.24) is 19.5 Å². The Bertz CT molecular complexity index is 1170. The minimum atomic E-state index is -0.521. The van der Waals surface area contributed by atoms with E-state index in [4.69, 9.17) is 30.7 Å². The average Bonchev–Trinajstić information content (AvgIpc) is 3.44. The number of thioether (sulfide) groups is 1. The second-order valence-corrected chi connectivity index (χ2v) is 9.85. The molecule has 1 fully saturated rings. The van der Waals surface area contributed by atoms with E-state index >= 15 is 0 Å². The summed E-state index contributed by atoms with van der Waals surface area (Å²) in [4.78, 5) is 13.2. The zero-order valence-corrected chi connectivity index (χ0v) is 20.3. The van der Waals surface area contributed by atoms with E-state index in [9.17, 15) is 0 Å². The van der Waals surface area contributed by atoms with E-state index in [1.165, 1.54) is 18.1 Å². The molecule has 0 bridgehead atoms. The van der Waals surface area contributed by atoms with Crippen LogP contribution >= 0.6 is 27.7 Å². The lowest BCUT2D eigenvalue weighted by atomic mass is 9.90. The Morgan fingerprint density at radius 2 is 2.03 bits per heavy atom. The summed E-state index contributed by atoms with van der Waals surface area (Å²) in [5, 5.41) is 1.31. The summed E-state index contributed by atoms with van der Waals surface area (Å²) in [5.74, 6) is 0.807. The predicted octanol–water partition coefficient (Wildman–Crippen LogP) is 3.95. The molecule has 9 nitrogen and oxygen atoms in total. The smallest absolute Gasteiger partial charge is 0.268 e. The van der Waals surface area contributed by atoms with Crippen LogP contribution in [0.15, 0.2) is 51.6 Å². The van der Waals surface area contributed by atoms with Crippen LogP contribution in [0.25, 0.3) is 11.2 Å². The Morgan fingerprint density at radius 1 is 1.21 bits per heavy atom. The van der Waals surface area contributed by atoms with Crippen molar-refractivity contribution in [2.75, 3.05) is 18.9 Å². The summed E-state index contributed by atoms with van der Waals surface area (Å²) >= 11 is 4.92. The van der Waals surface area contributed by atoms with Gasteiger partial charge in [0.15, 0.2) is 22.1 Å². The van der Waals surface area contributed by atoms with Gasteiger partial charge in [-0.1, -0.05) is 34.1 Å². The van der Waals surface area contributed by atoms with Crippen LogP contribution in [0.4, 0.5) is 5.82 Å². The number of nitrogens with zero attached hydrogens (tertiary/aromatic N) is 4. The van der Waals surface area contributed by atoms with Gasteiger partial charge in [-0.15, -0.1) is 0 Å². The molecule has 2 unspecified atom stereocenters. The number of fused-ring (bicyclic) bond motifs is 1. The first-order valence-electron chi connectivity index (χ1n) is 10.8. The fourth-order valence-electron chi connectivity index (χ4n) is 4.09. The number of halogens is 1. The van der Waals surface area contributed by atoms with Crippen LogP contribution < -0.4 is 11.5 Å². The summed E-state index contributed by atoms with van der Waals surface area (Å²) in [6, 6.07) is 7.88. The molecule has 2 atom stereocenters. The fourth-order valence-corrected chi connectivity index (χ4v) is 5.41. The molecule has 2 aliphatic heterocycles. The molecule has 0 radical (unpaired) electrons. The van der Waals surface area contributed by atoms with Crippen molar-refractivity contribution in [3.8, 4) is 0 Å². The summed E-state index contributed by atoms with van der Waals surface area (Å²) < 4.78 is 20.2. The third kappa shape index (κ3) is 4.81. The van der Waals surface area contributed by atoms with E-state index in [2.05, 4.69) is 25.9 Å². The second-order valence-electron chi connectivity index (χ2n) is 8.03. The topological polar surface area (TPSA) is 123 Å². The van der Waals surface area contributed by atoms with Crippen LogP contribution in [-0.2, 0) is 20.8 Å². The number of aryl methyl sites for hydroxylation is 1. The molecule has 0 aliphatic carbocycles. The first kappa shape index (κ1) is 22.5. The van der Waals surface area contributed by atoms with Crippen molar-refractivity contribution in [3.05, 3.63) is 52.0 Å². The molecule has 3 aromatic rings. The molecule has 33 heavy (non-hydrogen) atoms. The van der Waals surface area contributed by atoms with Crippen LogP contribution in [0.1, 0.15) is 31.1 Å². The molecule has 0 amide bonds. The Hall–Kier alpha value is -2.34. The molecule has 11 heteroatoms. The van der Waals surface area contributed by atoms with Gasteiger partial charge in [0, 0.05) is 35.8 Å². The average molecular weight is 533 g/mol. The van der Waals surface area contributed by atoms with Gasteiger partial charge < -0.3 is 30.2 Å². The van der Waals surface area contributed by atoms with Crippen LogP contribution in [0.5, 0.6) is 0 Å². The quantitative estimate of drug-likeness (QED) is 0.465. The van der Waals surface area contributed by atoms with Crippen molar-refractivity contribution in [2.45, 2.75) is 43.3 Å². The van der Waals surface area contributed by atoms with Gasteiger partial charge in [-0.25, -0.2) is 15.0 Å². The fraction of sp³-hybridized carbons (Fsp3) is 0.409. The van der Waals surface area contributed by atoms with Crippen molar-refractivity contribution in [3.63, 3.8) is 0 Å². The van der Waals surface area contributed by atoms with Gasteiger partial charge in [0.05, 0.1) is 0 Å². The molecule has 4 heterocycles. The second kappa shape index (κ2) is 9.88. The monoisotopic (exact) mass is 532 g/mol. The summed E-state index contributed by atoms with van der Waals surface area (Å²) in [6.07, 6.45) is 5.34. The van der Waals surface area contributed by atoms with E-state index in [-0.39, 0.29) is 6.04 Å². The van der Waals surface area contributed by atoms with E-state index in [1.807, 2.05) is 28.8 Å². The highest BCUT2D eigenvalue weighted by atomic mass is 79.9.